The molecule has 1 aromatic heterocycles. The number of hydrogen-bond acceptors (Lipinski definition) is 4. The summed E-state index contributed by atoms with van der Waals surface area (Å²) in [4.78, 5) is 2.42. The van der Waals surface area contributed by atoms with Crippen LogP contribution in [0, 0.1) is 18.8 Å². The molecule has 5 heteroatoms. The van der Waals surface area contributed by atoms with Crippen LogP contribution in [0.2, 0.25) is 0 Å². The van der Waals surface area contributed by atoms with E-state index >= 15 is 0 Å². The van der Waals surface area contributed by atoms with E-state index in [9.17, 15) is 0 Å². The molecular weight excluding hydrogens is 288 g/mol. The van der Waals surface area contributed by atoms with Gasteiger partial charge in [0.1, 0.15) is 5.82 Å². The number of hydrogen-bond donors (Lipinski definition) is 1. The van der Waals surface area contributed by atoms with E-state index in [0.29, 0.717) is 6.04 Å². The van der Waals surface area contributed by atoms with Crippen molar-refractivity contribution in [2.24, 2.45) is 18.9 Å². The molecule has 3 rings (SSSR count). The second-order valence-corrected chi connectivity index (χ2v) is 7.37. The number of aryl methyl sites for hydroxylation is 2. The fraction of sp³-hybridized carbons (Fsp3) is 0.833. The van der Waals surface area contributed by atoms with Gasteiger partial charge in [0.05, 0.1) is 18.9 Å². The maximum absolute atomic E-state index is 5.50. The van der Waals surface area contributed by atoms with Crippen LogP contribution in [0.25, 0.3) is 0 Å². The van der Waals surface area contributed by atoms with Gasteiger partial charge in [0.2, 0.25) is 0 Å². The molecule has 0 aromatic carbocycles. The van der Waals surface area contributed by atoms with Crippen molar-refractivity contribution < 1.29 is 4.74 Å². The van der Waals surface area contributed by atoms with Crippen LogP contribution in [-0.4, -0.2) is 42.1 Å². The van der Waals surface area contributed by atoms with Crippen molar-refractivity contribution in [3.63, 3.8) is 0 Å². The second kappa shape index (κ2) is 7.22. The number of anilines is 1. The predicted molar refractivity (Wildman–Crippen MR) is 93.8 cm³/mol. The van der Waals surface area contributed by atoms with Gasteiger partial charge in [-0.1, -0.05) is 26.7 Å². The highest BCUT2D eigenvalue weighted by atomic mass is 16.5. The Morgan fingerprint density at radius 2 is 1.96 bits per heavy atom. The molecule has 1 saturated carbocycles. The second-order valence-electron chi connectivity index (χ2n) is 7.37. The zero-order valence-corrected chi connectivity index (χ0v) is 15.1. The van der Waals surface area contributed by atoms with Crippen LogP contribution in [0.3, 0.4) is 0 Å². The topological polar surface area (TPSA) is 42.3 Å². The third kappa shape index (κ3) is 3.56. The average Bonchev–Trinajstić information content (AvgIpc) is 2.83. The predicted octanol–water partition coefficient (Wildman–Crippen LogP) is 2.48. The maximum atomic E-state index is 5.50. The van der Waals surface area contributed by atoms with Gasteiger partial charge in [-0.15, -0.1) is 0 Å². The highest BCUT2D eigenvalue weighted by Crippen LogP contribution is 2.30. The van der Waals surface area contributed by atoms with Crippen molar-refractivity contribution >= 4 is 5.82 Å². The SMILES string of the molecule is Cc1nn(C)c(N2CCOCC2)c1CN[C@@H]1CCC[C@H](C)[C@H]1C. The van der Waals surface area contributed by atoms with Crippen LogP contribution < -0.4 is 10.2 Å². The van der Waals surface area contributed by atoms with E-state index in [1.807, 2.05) is 4.68 Å². The summed E-state index contributed by atoms with van der Waals surface area (Å²) in [6, 6.07) is 0.635. The lowest BCUT2D eigenvalue weighted by Gasteiger charge is -2.35. The van der Waals surface area contributed by atoms with E-state index < -0.39 is 0 Å². The summed E-state index contributed by atoms with van der Waals surface area (Å²) >= 11 is 0. The van der Waals surface area contributed by atoms with Gasteiger partial charge in [0, 0.05) is 38.3 Å². The summed E-state index contributed by atoms with van der Waals surface area (Å²) in [5, 5.41) is 8.52. The number of ether oxygens (including phenoxy) is 1. The van der Waals surface area contributed by atoms with Crippen LogP contribution >= 0.6 is 0 Å². The van der Waals surface area contributed by atoms with Crippen LogP contribution in [0.15, 0.2) is 0 Å². The molecule has 0 radical (unpaired) electrons. The Kier molecular flexibility index (Phi) is 5.27. The summed E-state index contributed by atoms with van der Waals surface area (Å²) in [6.45, 7) is 11.4. The molecule has 23 heavy (non-hydrogen) atoms. The van der Waals surface area contributed by atoms with Gasteiger partial charge in [-0.2, -0.15) is 5.10 Å². The Labute approximate surface area is 140 Å². The molecule has 1 aliphatic heterocycles. The zero-order valence-electron chi connectivity index (χ0n) is 15.1. The minimum absolute atomic E-state index is 0.635. The molecule has 0 amide bonds. The van der Waals surface area contributed by atoms with Gasteiger partial charge in [0.25, 0.3) is 0 Å². The molecule has 3 atom stereocenters. The molecule has 1 N–H and O–H groups in total. The molecule has 1 aromatic rings. The standard InChI is InChI=1S/C18H32N4O/c1-13-6-5-7-17(14(13)2)19-12-16-15(3)20-21(4)18(16)22-8-10-23-11-9-22/h13-14,17,19H,5-12H2,1-4H3/t13-,14+,17+/m0/s1. The summed E-state index contributed by atoms with van der Waals surface area (Å²) in [6.07, 6.45) is 4.04. The molecule has 2 heterocycles. The van der Waals surface area contributed by atoms with Crippen molar-refractivity contribution in [1.29, 1.82) is 0 Å². The Hall–Kier alpha value is -1.07. The van der Waals surface area contributed by atoms with Gasteiger partial charge in [0.15, 0.2) is 0 Å². The first-order valence-electron chi connectivity index (χ1n) is 9.16. The first kappa shape index (κ1) is 16.8. The normalized spacial score (nSPS) is 29.0. The summed E-state index contributed by atoms with van der Waals surface area (Å²) in [5.41, 5.74) is 2.51. The molecule has 0 spiro atoms. The lowest BCUT2D eigenvalue weighted by Crippen LogP contribution is -2.41. The Morgan fingerprint density at radius 1 is 1.22 bits per heavy atom. The van der Waals surface area contributed by atoms with Gasteiger partial charge in [-0.3, -0.25) is 4.68 Å². The van der Waals surface area contributed by atoms with Crippen molar-refractivity contribution in [2.75, 3.05) is 31.2 Å². The van der Waals surface area contributed by atoms with Crippen LogP contribution in [0.1, 0.15) is 44.4 Å². The minimum atomic E-state index is 0.635. The maximum Gasteiger partial charge on any atom is 0.131 e. The number of morpholine rings is 1. The molecule has 2 aliphatic rings. The number of rotatable bonds is 4. The minimum Gasteiger partial charge on any atom is -0.378 e. The highest BCUT2D eigenvalue weighted by Gasteiger charge is 2.28. The van der Waals surface area contributed by atoms with E-state index in [-0.39, 0.29) is 0 Å². The summed E-state index contributed by atoms with van der Waals surface area (Å²) < 4.78 is 7.55. The molecule has 5 nitrogen and oxygen atoms in total. The molecule has 2 fully saturated rings. The van der Waals surface area contributed by atoms with Crippen molar-refractivity contribution in [3.8, 4) is 0 Å². The number of nitrogens with zero attached hydrogens (tertiary/aromatic N) is 3. The summed E-state index contributed by atoms with van der Waals surface area (Å²) in [5.74, 6) is 2.86. The van der Waals surface area contributed by atoms with Crippen LogP contribution in [0.5, 0.6) is 0 Å². The van der Waals surface area contributed by atoms with Crippen molar-refractivity contribution in [1.82, 2.24) is 15.1 Å². The number of nitrogens with one attached hydrogen (secondary N) is 1. The lowest BCUT2D eigenvalue weighted by molar-refractivity contribution is 0.122. The average molecular weight is 320 g/mol. The molecule has 1 saturated heterocycles. The van der Waals surface area contributed by atoms with Crippen molar-refractivity contribution in [3.05, 3.63) is 11.3 Å². The molecule has 130 valence electrons. The Bertz CT molecular complexity index is 521. The fourth-order valence-electron chi connectivity index (χ4n) is 4.17. The molecule has 0 bridgehead atoms. The quantitative estimate of drug-likeness (QED) is 0.925. The first-order chi connectivity index (χ1) is 11.1. The zero-order chi connectivity index (χ0) is 16.4. The van der Waals surface area contributed by atoms with E-state index in [2.05, 4.69) is 43.1 Å². The highest BCUT2D eigenvalue weighted by molar-refractivity contribution is 5.50. The Balaban J connectivity index is 1.72. The fourth-order valence-corrected chi connectivity index (χ4v) is 4.17. The Morgan fingerprint density at radius 3 is 2.70 bits per heavy atom. The van der Waals surface area contributed by atoms with E-state index in [0.717, 1.165) is 50.4 Å². The third-order valence-electron chi connectivity index (χ3n) is 5.87. The lowest BCUT2D eigenvalue weighted by atomic mass is 9.78. The molecular formula is C18H32N4O. The smallest absolute Gasteiger partial charge is 0.131 e. The van der Waals surface area contributed by atoms with E-state index in [1.54, 1.807) is 0 Å². The van der Waals surface area contributed by atoms with E-state index in [4.69, 9.17) is 4.74 Å². The van der Waals surface area contributed by atoms with Crippen molar-refractivity contribution in [2.45, 2.75) is 52.6 Å². The number of aromatic nitrogens is 2. The third-order valence-corrected chi connectivity index (χ3v) is 5.87. The molecule has 0 unspecified atom stereocenters. The van der Waals surface area contributed by atoms with Crippen LogP contribution in [-0.2, 0) is 18.3 Å². The van der Waals surface area contributed by atoms with Gasteiger partial charge in [-0.25, -0.2) is 0 Å². The molecule has 1 aliphatic carbocycles. The van der Waals surface area contributed by atoms with Crippen LogP contribution in [0.4, 0.5) is 5.82 Å². The largest absolute Gasteiger partial charge is 0.378 e. The first-order valence-corrected chi connectivity index (χ1v) is 9.16. The monoisotopic (exact) mass is 320 g/mol. The van der Waals surface area contributed by atoms with Gasteiger partial charge in [-0.05, 0) is 25.2 Å². The van der Waals surface area contributed by atoms with Gasteiger partial charge < -0.3 is 15.0 Å². The summed E-state index contributed by atoms with van der Waals surface area (Å²) in [7, 11) is 2.06. The van der Waals surface area contributed by atoms with E-state index in [1.165, 1.54) is 30.6 Å². The van der Waals surface area contributed by atoms with Gasteiger partial charge >= 0.3 is 0 Å².